The molecular weight excluding hydrogens is 171 g/mol. The van der Waals surface area contributed by atoms with Crippen LogP contribution in [0, 0.1) is 12.7 Å². The number of halogens is 1. The summed E-state index contributed by atoms with van der Waals surface area (Å²) in [6.45, 7) is 7.26. The molecule has 2 nitrogen and oxygen atoms in total. The van der Waals surface area contributed by atoms with Crippen LogP contribution < -0.4 is 0 Å². The molecule has 2 radical (unpaired) electrons. The molecular formula is C10H9FO2. The van der Waals surface area contributed by atoms with Crippen LogP contribution in [-0.4, -0.2) is 12.6 Å². The summed E-state index contributed by atoms with van der Waals surface area (Å²) >= 11 is 0. The fourth-order valence-corrected chi connectivity index (χ4v) is 0.908. The third kappa shape index (κ3) is 2.28. The Balaban J connectivity index is 2.99. The van der Waals surface area contributed by atoms with E-state index in [-0.39, 0.29) is 12.2 Å². The highest BCUT2D eigenvalue weighted by Gasteiger charge is 2.11. The minimum Gasteiger partial charge on any atom is -0.462 e. The molecule has 0 aliphatic rings. The van der Waals surface area contributed by atoms with E-state index in [1.54, 1.807) is 6.92 Å². The Morgan fingerprint density at radius 3 is 2.92 bits per heavy atom. The van der Waals surface area contributed by atoms with Crippen molar-refractivity contribution in [1.82, 2.24) is 0 Å². The summed E-state index contributed by atoms with van der Waals surface area (Å²) in [5.74, 6) is -1.31. The van der Waals surface area contributed by atoms with Crippen molar-refractivity contribution in [2.45, 2.75) is 6.92 Å². The molecule has 0 atom stereocenters. The molecule has 0 N–H and O–H groups in total. The summed E-state index contributed by atoms with van der Waals surface area (Å²) in [7, 11) is 0. The Morgan fingerprint density at radius 1 is 1.62 bits per heavy atom. The Bertz CT molecular complexity index is 321. The van der Waals surface area contributed by atoms with E-state index in [1.165, 1.54) is 12.1 Å². The van der Waals surface area contributed by atoms with Gasteiger partial charge in [0.25, 0.3) is 0 Å². The number of benzene rings is 1. The molecule has 0 aromatic heterocycles. The zero-order valence-corrected chi connectivity index (χ0v) is 7.21. The van der Waals surface area contributed by atoms with Gasteiger partial charge in [-0.05, 0) is 31.5 Å². The number of carbonyl (C=O) groups is 1. The molecule has 0 spiro atoms. The average molecular weight is 180 g/mol. The summed E-state index contributed by atoms with van der Waals surface area (Å²) in [6, 6.07) is 3.78. The number of rotatable bonds is 2. The second-order valence-corrected chi connectivity index (χ2v) is 2.46. The Hall–Kier alpha value is -1.38. The molecule has 0 aliphatic heterocycles. The summed E-state index contributed by atoms with van der Waals surface area (Å²) in [5, 5.41) is 0. The number of hydrogen-bond acceptors (Lipinski definition) is 2. The van der Waals surface area contributed by atoms with Gasteiger partial charge < -0.3 is 4.74 Å². The van der Waals surface area contributed by atoms with Crippen molar-refractivity contribution in [2.75, 3.05) is 6.61 Å². The Labute approximate surface area is 76.3 Å². The van der Waals surface area contributed by atoms with E-state index in [0.29, 0.717) is 5.56 Å². The van der Waals surface area contributed by atoms with Gasteiger partial charge in [0.05, 0.1) is 12.2 Å². The van der Waals surface area contributed by atoms with Crippen molar-refractivity contribution in [2.24, 2.45) is 0 Å². The Kier molecular flexibility index (Phi) is 3.01. The monoisotopic (exact) mass is 180 g/mol. The quantitative estimate of drug-likeness (QED) is 0.651. The SMILES string of the molecule is [CH]c1ccc(F)c(C(=O)OCC)c1. The van der Waals surface area contributed by atoms with E-state index in [9.17, 15) is 9.18 Å². The molecule has 0 bridgehead atoms. The highest BCUT2D eigenvalue weighted by atomic mass is 19.1. The molecule has 68 valence electrons. The van der Waals surface area contributed by atoms with Gasteiger partial charge in [-0.3, -0.25) is 0 Å². The lowest BCUT2D eigenvalue weighted by Crippen LogP contribution is -2.07. The first-order valence-electron chi connectivity index (χ1n) is 3.87. The molecule has 0 unspecified atom stereocenters. The van der Waals surface area contributed by atoms with Gasteiger partial charge in [-0.15, -0.1) is 0 Å². The van der Waals surface area contributed by atoms with E-state index in [0.717, 1.165) is 6.07 Å². The zero-order chi connectivity index (χ0) is 9.84. The fraction of sp³-hybridized carbons (Fsp3) is 0.200. The number of esters is 1. The maximum absolute atomic E-state index is 13.0. The molecule has 0 aliphatic carbocycles. The van der Waals surface area contributed by atoms with Crippen LogP contribution in [0.25, 0.3) is 0 Å². The van der Waals surface area contributed by atoms with Crippen LogP contribution in [0.15, 0.2) is 18.2 Å². The predicted molar refractivity (Wildman–Crippen MR) is 45.8 cm³/mol. The van der Waals surface area contributed by atoms with Crippen molar-refractivity contribution in [1.29, 1.82) is 0 Å². The second-order valence-electron chi connectivity index (χ2n) is 2.46. The summed E-state index contributed by atoms with van der Waals surface area (Å²) in [6.07, 6.45) is 0. The van der Waals surface area contributed by atoms with Gasteiger partial charge in [0.2, 0.25) is 0 Å². The van der Waals surface area contributed by atoms with Gasteiger partial charge in [-0.2, -0.15) is 0 Å². The highest BCUT2D eigenvalue weighted by Crippen LogP contribution is 2.10. The first-order chi connectivity index (χ1) is 6.15. The van der Waals surface area contributed by atoms with Gasteiger partial charge in [-0.25, -0.2) is 9.18 Å². The summed E-state index contributed by atoms with van der Waals surface area (Å²) in [5.41, 5.74) is 0.214. The van der Waals surface area contributed by atoms with Gasteiger partial charge in [0.15, 0.2) is 0 Å². The molecule has 1 aromatic carbocycles. The zero-order valence-electron chi connectivity index (χ0n) is 7.21. The van der Waals surface area contributed by atoms with E-state index in [1.807, 2.05) is 0 Å². The Morgan fingerprint density at radius 2 is 2.31 bits per heavy atom. The molecule has 1 rings (SSSR count). The standard InChI is InChI=1S/C10H9FO2/c1-3-13-10(12)8-6-7(2)4-5-9(8)11/h2,4-6H,3H2,1H3. The number of ether oxygens (including phenoxy) is 1. The molecule has 0 heterocycles. The van der Waals surface area contributed by atoms with Gasteiger partial charge in [0, 0.05) is 0 Å². The minimum atomic E-state index is -0.688. The second kappa shape index (κ2) is 4.03. The maximum atomic E-state index is 13.0. The summed E-state index contributed by atoms with van der Waals surface area (Å²) < 4.78 is 17.6. The maximum Gasteiger partial charge on any atom is 0.341 e. The molecule has 0 saturated heterocycles. The van der Waals surface area contributed by atoms with Crippen molar-refractivity contribution < 1.29 is 13.9 Å². The van der Waals surface area contributed by atoms with Crippen molar-refractivity contribution in [3.05, 3.63) is 42.1 Å². The highest BCUT2D eigenvalue weighted by molar-refractivity contribution is 5.89. The van der Waals surface area contributed by atoms with Crippen LogP contribution in [0.3, 0.4) is 0 Å². The molecule has 13 heavy (non-hydrogen) atoms. The van der Waals surface area contributed by atoms with Crippen molar-refractivity contribution in [3.8, 4) is 0 Å². The topological polar surface area (TPSA) is 26.3 Å². The minimum absolute atomic E-state index is 0.123. The van der Waals surface area contributed by atoms with Gasteiger partial charge in [0.1, 0.15) is 5.82 Å². The van der Waals surface area contributed by atoms with E-state index in [4.69, 9.17) is 6.92 Å². The number of hydrogen-bond donors (Lipinski definition) is 0. The van der Waals surface area contributed by atoms with Crippen LogP contribution >= 0.6 is 0 Å². The van der Waals surface area contributed by atoms with Crippen LogP contribution in [0.1, 0.15) is 22.8 Å². The van der Waals surface area contributed by atoms with E-state index < -0.39 is 11.8 Å². The normalized spacial score (nSPS) is 9.77. The lowest BCUT2D eigenvalue weighted by atomic mass is 10.1. The van der Waals surface area contributed by atoms with E-state index >= 15 is 0 Å². The van der Waals surface area contributed by atoms with Crippen LogP contribution in [-0.2, 0) is 4.74 Å². The summed E-state index contributed by atoms with van der Waals surface area (Å²) in [4.78, 5) is 11.1. The third-order valence-corrected chi connectivity index (χ3v) is 1.49. The molecule has 0 amide bonds. The lowest BCUT2D eigenvalue weighted by molar-refractivity contribution is 0.0521. The molecule has 3 heteroatoms. The third-order valence-electron chi connectivity index (χ3n) is 1.49. The van der Waals surface area contributed by atoms with Gasteiger partial charge in [-0.1, -0.05) is 6.07 Å². The number of carbonyl (C=O) groups excluding carboxylic acids is 1. The fourth-order valence-electron chi connectivity index (χ4n) is 0.908. The van der Waals surface area contributed by atoms with Crippen molar-refractivity contribution in [3.63, 3.8) is 0 Å². The predicted octanol–water partition coefficient (Wildman–Crippen LogP) is 2.06. The lowest BCUT2D eigenvalue weighted by Gasteiger charge is -2.03. The first kappa shape index (κ1) is 9.71. The van der Waals surface area contributed by atoms with Crippen LogP contribution in [0.2, 0.25) is 0 Å². The van der Waals surface area contributed by atoms with Gasteiger partial charge >= 0.3 is 5.97 Å². The smallest absolute Gasteiger partial charge is 0.341 e. The van der Waals surface area contributed by atoms with Crippen molar-refractivity contribution >= 4 is 5.97 Å². The first-order valence-corrected chi connectivity index (χ1v) is 3.87. The van der Waals surface area contributed by atoms with Crippen LogP contribution in [0.5, 0.6) is 0 Å². The van der Waals surface area contributed by atoms with Crippen LogP contribution in [0.4, 0.5) is 4.39 Å². The largest absolute Gasteiger partial charge is 0.462 e. The molecule has 1 aromatic rings. The molecule has 0 fully saturated rings. The average Bonchev–Trinajstić information content (AvgIpc) is 2.09. The molecule has 0 saturated carbocycles. The van der Waals surface area contributed by atoms with E-state index in [2.05, 4.69) is 4.74 Å².